The number of alkyl halides is 3. The van der Waals surface area contributed by atoms with Crippen molar-refractivity contribution >= 4 is 5.97 Å². The van der Waals surface area contributed by atoms with Crippen LogP contribution in [0.4, 0.5) is 13.2 Å². The van der Waals surface area contributed by atoms with Crippen LogP contribution in [-0.2, 0) is 15.7 Å². The summed E-state index contributed by atoms with van der Waals surface area (Å²) in [5.74, 6) is 0.343. The van der Waals surface area contributed by atoms with E-state index in [4.69, 9.17) is 14.2 Å². The predicted molar refractivity (Wildman–Crippen MR) is 82.5 cm³/mol. The molecule has 1 atom stereocenters. The molecule has 0 spiro atoms. The molecule has 134 valence electrons. The average Bonchev–Trinajstić information content (AvgIpc) is 2.56. The van der Waals surface area contributed by atoms with Gasteiger partial charge in [0.15, 0.2) is 6.10 Å². The molecule has 0 fully saturated rings. The molecule has 8 heteroatoms. The third-order valence-corrected chi connectivity index (χ3v) is 3.04. The number of hydrogen-bond donors (Lipinski definition) is 0. The molecule has 0 amide bonds. The van der Waals surface area contributed by atoms with Crippen molar-refractivity contribution in [1.82, 2.24) is 4.98 Å². The van der Waals surface area contributed by atoms with Crippen LogP contribution in [0, 0.1) is 0 Å². The summed E-state index contributed by atoms with van der Waals surface area (Å²) in [7, 11) is 0. The van der Waals surface area contributed by atoms with E-state index in [0.717, 1.165) is 12.1 Å². The third-order valence-electron chi connectivity index (χ3n) is 3.04. The number of ether oxygens (including phenoxy) is 3. The molecule has 0 aliphatic heterocycles. The van der Waals surface area contributed by atoms with Gasteiger partial charge in [-0.1, -0.05) is 0 Å². The molecule has 2 rings (SSSR count). The van der Waals surface area contributed by atoms with Gasteiger partial charge in [-0.25, -0.2) is 9.78 Å². The zero-order valence-corrected chi connectivity index (χ0v) is 13.5. The second kappa shape index (κ2) is 7.87. The fourth-order valence-electron chi connectivity index (χ4n) is 1.83. The normalized spacial score (nSPS) is 12.4. The fourth-order valence-corrected chi connectivity index (χ4v) is 1.83. The summed E-state index contributed by atoms with van der Waals surface area (Å²) >= 11 is 0. The number of rotatable bonds is 6. The highest BCUT2D eigenvalue weighted by atomic mass is 19.4. The van der Waals surface area contributed by atoms with Gasteiger partial charge in [0.05, 0.1) is 12.2 Å². The lowest BCUT2D eigenvalue weighted by Gasteiger charge is -2.13. The molecule has 25 heavy (non-hydrogen) atoms. The van der Waals surface area contributed by atoms with E-state index in [0.29, 0.717) is 17.7 Å². The average molecular weight is 355 g/mol. The predicted octanol–water partition coefficient (Wildman–Crippen LogP) is 4.22. The lowest BCUT2D eigenvalue weighted by atomic mass is 10.3. The van der Waals surface area contributed by atoms with Gasteiger partial charge in [-0.05, 0) is 44.2 Å². The topological polar surface area (TPSA) is 57.7 Å². The van der Waals surface area contributed by atoms with Crippen molar-refractivity contribution in [1.29, 1.82) is 0 Å². The molecule has 1 aromatic carbocycles. The number of carbonyl (C=O) groups is 1. The molecule has 0 unspecified atom stereocenters. The first-order valence-corrected chi connectivity index (χ1v) is 7.44. The lowest BCUT2D eigenvalue weighted by molar-refractivity contribution is -0.150. The maximum Gasteiger partial charge on any atom is 0.417 e. The molecule has 0 radical (unpaired) electrons. The summed E-state index contributed by atoms with van der Waals surface area (Å²) < 4.78 is 53.0. The van der Waals surface area contributed by atoms with Crippen molar-refractivity contribution in [2.75, 3.05) is 6.61 Å². The highest BCUT2D eigenvalue weighted by molar-refractivity contribution is 5.74. The number of pyridine rings is 1. The summed E-state index contributed by atoms with van der Waals surface area (Å²) in [6, 6.07) is 8.25. The first kappa shape index (κ1) is 18.6. The van der Waals surface area contributed by atoms with Crippen LogP contribution in [0.15, 0.2) is 42.6 Å². The molecule has 0 saturated heterocycles. The minimum absolute atomic E-state index is 0.0292. The molecule has 0 aliphatic rings. The second-order valence-electron chi connectivity index (χ2n) is 4.97. The number of benzene rings is 1. The van der Waals surface area contributed by atoms with E-state index in [9.17, 15) is 18.0 Å². The molecule has 0 N–H and O–H groups in total. The Labute approximate surface area is 142 Å². The molecule has 1 heterocycles. The Kier molecular flexibility index (Phi) is 5.84. The van der Waals surface area contributed by atoms with E-state index < -0.39 is 23.8 Å². The largest absolute Gasteiger partial charge is 0.479 e. The molecule has 0 saturated carbocycles. The Hall–Kier alpha value is -2.77. The zero-order chi connectivity index (χ0) is 18.4. The van der Waals surface area contributed by atoms with Gasteiger partial charge in [-0.15, -0.1) is 0 Å². The van der Waals surface area contributed by atoms with Gasteiger partial charge in [0.25, 0.3) is 0 Å². The zero-order valence-electron chi connectivity index (χ0n) is 13.5. The van der Waals surface area contributed by atoms with E-state index in [1.54, 1.807) is 38.1 Å². The van der Waals surface area contributed by atoms with Crippen molar-refractivity contribution < 1.29 is 32.2 Å². The van der Waals surface area contributed by atoms with E-state index in [-0.39, 0.29) is 12.5 Å². The third kappa shape index (κ3) is 5.37. The minimum Gasteiger partial charge on any atom is -0.479 e. The monoisotopic (exact) mass is 355 g/mol. The summed E-state index contributed by atoms with van der Waals surface area (Å²) in [6.07, 6.45) is -4.50. The summed E-state index contributed by atoms with van der Waals surface area (Å²) in [5.41, 5.74) is -0.850. The van der Waals surface area contributed by atoms with Crippen LogP contribution in [-0.4, -0.2) is 23.7 Å². The SMILES string of the molecule is CCOC(=O)[C@@H](C)Oc1ccc(Oc2ccc(C(F)(F)F)cn2)cc1. The quantitative estimate of drug-likeness (QED) is 0.726. The molecule has 0 aliphatic carbocycles. The fraction of sp³-hybridized carbons (Fsp3) is 0.294. The van der Waals surface area contributed by atoms with Crippen LogP contribution in [0.3, 0.4) is 0 Å². The van der Waals surface area contributed by atoms with Crippen LogP contribution in [0.1, 0.15) is 19.4 Å². The first-order valence-electron chi connectivity index (χ1n) is 7.44. The van der Waals surface area contributed by atoms with Crippen LogP contribution < -0.4 is 9.47 Å². The number of esters is 1. The van der Waals surface area contributed by atoms with Crippen LogP contribution in [0.2, 0.25) is 0 Å². The number of nitrogens with zero attached hydrogens (tertiary/aromatic N) is 1. The molecular weight excluding hydrogens is 339 g/mol. The molecule has 1 aromatic heterocycles. The maximum atomic E-state index is 12.5. The van der Waals surface area contributed by atoms with Crippen LogP contribution in [0.5, 0.6) is 17.4 Å². The van der Waals surface area contributed by atoms with Gasteiger partial charge in [0.1, 0.15) is 11.5 Å². The van der Waals surface area contributed by atoms with Crippen molar-refractivity contribution in [3.8, 4) is 17.4 Å². The maximum absolute atomic E-state index is 12.5. The Morgan fingerprint density at radius 1 is 1.12 bits per heavy atom. The van der Waals surface area contributed by atoms with E-state index in [1.807, 2.05) is 0 Å². The van der Waals surface area contributed by atoms with Crippen LogP contribution in [0.25, 0.3) is 0 Å². The number of halogens is 3. The standard InChI is InChI=1S/C17H16F3NO4/c1-3-23-16(22)11(2)24-13-5-7-14(8-6-13)25-15-9-4-12(10-21-15)17(18,19)20/h4-11H,3H2,1-2H3/t11-/m1/s1. The molecule has 5 nitrogen and oxygen atoms in total. The van der Waals surface area contributed by atoms with Gasteiger partial charge in [0.2, 0.25) is 5.88 Å². The molecule has 2 aromatic rings. The summed E-state index contributed by atoms with van der Waals surface area (Å²) in [6.45, 7) is 3.53. The Balaban J connectivity index is 1.97. The van der Waals surface area contributed by atoms with E-state index in [2.05, 4.69) is 4.98 Å². The highest BCUT2D eigenvalue weighted by Crippen LogP contribution is 2.30. The highest BCUT2D eigenvalue weighted by Gasteiger charge is 2.30. The van der Waals surface area contributed by atoms with E-state index >= 15 is 0 Å². The molecular formula is C17H16F3NO4. The Morgan fingerprint density at radius 2 is 1.76 bits per heavy atom. The Bertz CT molecular complexity index is 699. The van der Waals surface area contributed by atoms with Gasteiger partial charge in [-0.3, -0.25) is 0 Å². The minimum atomic E-state index is -4.44. The van der Waals surface area contributed by atoms with Gasteiger partial charge >= 0.3 is 12.1 Å². The number of aromatic nitrogens is 1. The Morgan fingerprint density at radius 3 is 2.28 bits per heavy atom. The number of hydrogen-bond acceptors (Lipinski definition) is 5. The van der Waals surface area contributed by atoms with Crippen molar-refractivity contribution in [2.24, 2.45) is 0 Å². The summed E-state index contributed by atoms with van der Waals surface area (Å²) in [4.78, 5) is 15.1. The molecule has 0 bridgehead atoms. The van der Waals surface area contributed by atoms with Gasteiger partial charge in [-0.2, -0.15) is 13.2 Å². The van der Waals surface area contributed by atoms with E-state index in [1.165, 1.54) is 0 Å². The van der Waals surface area contributed by atoms with Crippen molar-refractivity contribution in [3.05, 3.63) is 48.2 Å². The van der Waals surface area contributed by atoms with Crippen molar-refractivity contribution in [2.45, 2.75) is 26.1 Å². The smallest absolute Gasteiger partial charge is 0.417 e. The van der Waals surface area contributed by atoms with Gasteiger partial charge in [0, 0.05) is 12.3 Å². The number of carbonyl (C=O) groups excluding carboxylic acids is 1. The lowest BCUT2D eigenvalue weighted by Crippen LogP contribution is -2.25. The van der Waals surface area contributed by atoms with Crippen LogP contribution >= 0.6 is 0 Å². The van der Waals surface area contributed by atoms with Gasteiger partial charge < -0.3 is 14.2 Å². The van der Waals surface area contributed by atoms with Crippen molar-refractivity contribution in [3.63, 3.8) is 0 Å². The summed E-state index contributed by atoms with van der Waals surface area (Å²) in [5, 5.41) is 0. The second-order valence-corrected chi connectivity index (χ2v) is 4.97. The first-order chi connectivity index (χ1) is 11.8.